The Balaban J connectivity index is 1.67. The van der Waals surface area contributed by atoms with Crippen LogP contribution >= 0.6 is 0 Å². The molecule has 0 bridgehead atoms. The molecule has 0 atom stereocenters. The maximum absolute atomic E-state index is 12.5. The van der Waals surface area contributed by atoms with Crippen LogP contribution in [0.1, 0.15) is 28.8 Å². The predicted octanol–water partition coefficient (Wildman–Crippen LogP) is 2.28. The van der Waals surface area contributed by atoms with E-state index >= 15 is 0 Å². The zero-order valence-electron chi connectivity index (χ0n) is 14.7. The number of rotatable bonds is 5. The first-order chi connectivity index (χ1) is 12.4. The van der Waals surface area contributed by atoms with E-state index in [0.29, 0.717) is 11.3 Å². The normalized spacial score (nSPS) is 15.4. The third kappa shape index (κ3) is 4.62. The third-order valence-electron chi connectivity index (χ3n) is 4.40. The molecular weight excluding hydrogens is 350 g/mol. The van der Waals surface area contributed by atoms with Gasteiger partial charge in [-0.15, -0.1) is 0 Å². The number of amides is 1. The Bertz CT molecular complexity index is 856. The quantitative estimate of drug-likeness (QED) is 0.750. The fourth-order valence-corrected chi connectivity index (χ4v) is 3.91. The van der Waals surface area contributed by atoms with Crippen LogP contribution in [-0.2, 0) is 10.0 Å². The predicted molar refractivity (Wildman–Crippen MR) is 102 cm³/mol. The SMILES string of the molecule is Cc1ccc(NS(=O)(=O)c2ccc(C(=O)NC3CCNCC3)cc2)cc1. The maximum atomic E-state index is 12.5. The van der Waals surface area contributed by atoms with Gasteiger partial charge in [-0.3, -0.25) is 9.52 Å². The van der Waals surface area contributed by atoms with Crippen LogP contribution in [0.2, 0.25) is 0 Å². The Hall–Kier alpha value is -2.38. The van der Waals surface area contributed by atoms with Gasteiger partial charge in [-0.05, 0) is 69.3 Å². The number of benzene rings is 2. The molecule has 1 amide bonds. The van der Waals surface area contributed by atoms with Crippen molar-refractivity contribution in [1.82, 2.24) is 10.6 Å². The van der Waals surface area contributed by atoms with E-state index in [0.717, 1.165) is 31.5 Å². The Labute approximate surface area is 154 Å². The molecule has 0 unspecified atom stereocenters. The molecule has 2 aromatic rings. The summed E-state index contributed by atoms with van der Waals surface area (Å²) in [4.78, 5) is 12.4. The van der Waals surface area contributed by atoms with E-state index in [1.807, 2.05) is 19.1 Å². The number of aryl methyl sites for hydroxylation is 1. The minimum absolute atomic E-state index is 0.122. The van der Waals surface area contributed by atoms with Crippen LogP contribution in [-0.4, -0.2) is 33.5 Å². The molecule has 7 heteroatoms. The highest BCUT2D eigenvalue weighted by molar-refractivity contribution is 7.92. The van der Waals surface area contributed by atoms with Gasteiger partial charge in [0, 0.05) is 17.3 Å². The Morgan fingerprint density at radius 2 is 1.62 bits per heavy atom. The lowest BCUT2D eigenvalue weighted by atomic mass is 10.1. The number of carbonyl (C=O) groups is 1. The van der Waals surface area contributed by atoms with Crippen molar-refractivity contribution in [3.8, 4) is 0 Å². The summed E-state index contributed by atoms with van der Waals surface area (Å²) in [6.45, 7) is 3.73. The number of carbonyl (C=O) groups excluding carboxylic acids is 1. The van der Waals surface area contributed by atoms with E-state index in [-0.39, 0.29) is 16.8 Å². The first-order valence-corrected chi connectivity index (χ1v) is 10.1. The van der Waals surface area contributed by atoms with Gasteiger partial charge >= 0.3 is 0 Å². The number of piperidine rings is 1. The highest BCUT2D eigenvalue weighted by Gasteiger charge is 2.18. The van der Waals surface area contributed by atoms with Crippen LogP contribution < -0.4 is 15.4 Å². The Morgan fingerprint density at radius 1 is 1.00 bits per heavy atom. The van der Waals surface area contributed by atoms with Gasteiger partial charge in [-0.25, -0.2) is 8.42 Å². The van der Waals surface area contributed by atoms with Crippen molar-refractivity contribution < 1.29 is 13.2 Å². The van der Waals surface area contributed by atoms with Crippen LogP contribution in [0.25, 0.3) is 0 Å². The number of sulfonamides is 1. The molecule has 0 radical (unpaired) electrons. The summed E-state index contributed by atoms with van der Waals surface area (Å²) in [5, 5.41) is 6.24. The zero-order chi connectivity index (χ0) is 18.6. The van der Waals surface area contributed by atoms with Crippen molar-refractivity contribution in [2.75, 3.05) is 17.8 Å². The molecule has 1 aliphatic rings. The highest BCUT2D eigenvalue weighted by atomic mass is 32.2. The first kappa shape index (κ1) is 18.4. The van der Waals surface area contributed by atoms with Crippen molar-refractivity contribution in [3.63, 3.8) is 0 Å². The molecule has 1 fully saturated rings. The molecule has 0 spiro atoms. The standard InChI is InChI=1S/C19H23N3O3S/c1-14-2-6-17(7-3-14)22-26(24,25)18-8-4-15(5-9-18)19(23)21-16-10-12-20-13-11-16/h2-9,16,20,22H,10-13H2,1H3,(H,21,23). The Morgan fingerprint density at radius 3 is 2.23 bits per heavy atom. The summed E-state index contributed by atoms with van der Waals surface area (Å²) in [5.74, 6) is -0.174. The summed E-state index contributed by atoms with van der Waals surface area (Å²) >= 11 is 0. The van der Waals surface area contributed by atoms with Crippen molar-refractivity contribution in [3.05, 3.63) is 59.7 Å². The molecule has 0 aliphatic carbocycles. The molecule has 138 valence electrons. The van der Waals surface area contributed by atoms with Crippen molar-refractivity contribution in [2.45, 2.75) is 30.7 Å². The van der Waals surface area contributed by atoms with Crippen LogP contribution in [0, 0.1) is 6.92 Å². The second kappa shape index (κ2) is 7.88. The third-order valence-corrected chi connectivity index (χ3v) is 5.80. The summed E-state index contributed by atoms with van der Waals surface area (Å²) in [6, 6.07) is 13.3. The van der Waals surface area contributed by atoms with Gasteiger partial charge in [-0.1, -0.05) is 17.7 Å². The zero-order valence-corrected chi connectivity index (χ0v) is 15.5. The van der Waals surface area contributed by atoms with Gasteiger partial charge in [0.2, 0.25) is 0 Å². The maximum Gasteiger partial charge on any atom is 0.261 e. The van der Waals surface area contributed by atoms with E-state index in [1.54, 1.807) is 24.3 Å². The minimum atomic E-state index is -3.69. The van der Waals surface area contributed by atoms with Crippen molar-refractivity contribution >= 4 is 21.6 Å². The van der Waals surface area contributed by atoms with E-state index in [4.69, 9.17) is 0 Å². The number of anilines is 1. The molecular formula is C19H23N3O3S. The van der Waals surface area contributed by atoms with E-state index < -0.39 is 10.0 Å². The van der Waals surface area contributed by atoms with Crippen LogP contribution in [0.3, 0.4) is 0 Å². The smallest absolute Gasteiger partial charge is 0.261 e. The largest absolute Gasteiger partial charge is 0.349 e. The van der Waals surface area contributed by atoms with Gasteiger partial charge in [0.25, 0.3) is 15.9 Å². The lowest BCUT2D eigenvalue weighted by Gasteiger charge is -2.23. The first-order valence-electron chi connectivity index (χ1n) is 8.65. The monoisotopic (exact) mass is 373 g/mol. The van der Waals surface area contributed by atoms with Gasteiger partial charge in [0.15, 0.2) is 0 Å². The fraction of sp³-hybridized carbons (Fsp3) is 0.316. The van der Waals surface area contributed by atoms with Crippen LogP contribution in [0.5, 0.6) is 0 Å². The van der Waals surface area contributed by atoms with Gasteiger partial charge in [0.05, 0.1) is 4.90 Å². The Kier molecular flexibility index (Phi) is 5.58. The topological polar surface area (TPSA) is 87.3 Å². The molecule has 6 nitrogen and oxygen atoms in total. The molecule has 3 N–H and O–H groups in total. The van der Waals surface area contributed by atoms with Gasteiger partial charge in [0.1, 0.15) is 0 Å². The molecule has 1 aliphatic heterocycles. The van der Waals surface area contributed by atoms with Gasteiger partial charge < -0.3 is 10.6 Å². The van der Waals surface area contributed by atoms with Crippen LogP contribution in [0.4, 0.5) is 5.69 Å². The van der Waals surface area contributed by atoms with Crippen molar-refractivity contribution in [1.29, 1.82) is 0 Å². The molecule has 0 aromatic heterocycles. The lowest BCUT2D eigenvalue weighted by molar-refractivity contribution is 0.0929. The number of hydrogen-bond donors (Lipinski definition) is 3. The lowest BCUT2D eigenvalue weighted by Crippen LogP contribution is -2.42. The molecule has 1 saturated heterocycles. The highest BCUT2D eigenvalue weighted by Crippen LogP contribution is 2.17. The molecule has 1 heterocycles. The molecule has 0 saturated carbocycles. The van der Waals surface area contributed by atoms with Gasteiger partial charge in [-0.2, -0.15) is 0 Å². The minimum Gasteiger partial charge on any atom is -0.349 e. The molecule has 2 aromatic carbocycles. The number of hydrogen-bond acceptors (Lipinski definition) is 4. The summed E-state index contributed by atoms with van der Waals surface area (Å²) in [5.41, 5.74) is 2.01. The fourth-order valence-electron chi connectivity index (χ4n) is 2.86. The number of nitrogens with one attached hydrogen (secondary N) is 3. The van der Waals surface area contributed by atoms with Crippen LogP contribution in [0.15, 0.2) is 53.4 Å². The average molecular weight is 373 g/mol. The van der Waals surface area contributed by atoms with Crippen molar-refractivity contribution in [2.24, 2.45) is 0 Å². The van der Waals surface area contributed by atoms with E-state index in [1.165, 1.54) is 12.1 Å². The second-order valence-corrected chi connectivity index (χ2v) is 8.18. The van der Waals surface area contributed by atoms with E-state index in [9.17, 15) is 13.2 Å². The summed E-state index contributed by atoms with van der Waals surface area (Å²) in [6.07, 6.45) is 1.80. The molecule has 26 heavy (non-hydrogen) atoms. The summed E-state index contributed by atoms with van der Waals surface area (Å²) < 4.78 is 27.5. The molecule has 3 rings (SSSR count). The second-order valence-electron chi connectivity index (χ2n) is 6.49. The van der Waals surface area contributed by atoms with E-state index in [2.05, 4.69) is 15.4 Å². The average Bonchev–Trinajstić information content (AvgIpc) is 2.64. The summed E-state index contributed by atoms with van der Waals surface area (Å²) in [7, 11) is -3.69.